The van der Waals surface area contributed by atoms with Crippen LogP contribution in [0.4, 0.5) is 5.13 Å². The highest BCUT2D eigenvalue weighted by molar-refractivity contribution is 7.09. The van der Waals surface area contributed by atoms with E-state index in [0.29, 0.717) is 12.5 Å². The molecule has 0 radical (unpaired) electrons. The summed E-state index contributed by atoms with van der Waals surface area (Å²) in [7, 11) is 0. The average molecular weight is 213 g/mol. The minimum absolute atomic E-state index is 0.193. The third kappa shape index (κ3) is 1.88. The molecule has 1 aromatic rings. The molecule has 2 rings (SSSR count). The maximum atomic E-state index is 9.39. The average Bonchev–Trinajstić information content (AvgIpc) is 2.70. The van der Waals surface area contributed by atoms with Gasteiger partial charge in [-0.1, -0.05) is 13.8 Å². The van der Waals surface area contributed by atoms with Gasteiger partial charge in [-0.3, -0.25) is 0 Å². The fraction of sp³-hybridized carbons (Fsp3) is 0.778. The normalized spacial score (nSPS) is 22.3. The van der Waals surface area contributed by atoms with Gasteiger partial charge in [0.05, 0.1) is 6.10 Å². The van der Waals surface area contributed by atoms with E-state index in [1.807, 2.05) is 0 Å². The van der Waals surface area contributed by atoms with E-state index in [2.05, 4.69) is 28.1 Å². The van der Waals surface area contributed by atoms with Crippen molar-refractivity contribution in [3.63, 3.8) is 0 Å². The predicted molar refractivity (Wildman–Crippen MR) is 56.8 cm³/mol. The number of hydrogen-bond acceptors (Lipinski definition) is 5. The molecule has 1 fully saturated rings. The van der Waals surface area contributed by atoms with Crippen LogP contribution in [-0.2, 0) is 0 Å². The molecule has 0 amide bonds. The van der Waals surface area contributed by atoms with Crippen LogP contribution in [-0.4, -0.2) is 33.7 Å². The Hall–Kier alpha value is -0.680. The number of rotatable bonds is 2. The minimum Gasteiger partial charge on any atom is -0.391 e. The van der Waals surface area contributed by atoms with Crippen molar-refractivity contribution in [2.75, 3.05) is 18.0 Å². The van der Waals surface area contributed by atoms with Crippen molar-refractivity contribution in [3.8, 4) is 0 Å². The van der Waals surface area contributed by atoms with Crippen molar-refractivity contribution in [2.24, 2.45) is 0 Å². The Bertz CT molecular complexity index is 313. The van der Waals surface area contributed by atoms with Gasteiger partial charge in [0.1, 0.15) is 5.82 Å². The standard InChI is InChI=1S/C9H15N3OS/c1-6(2)8-10-9(14-11-8)12-4-3-7(13)5-12/h6-7,13H,3-5H2,1-2H3/t7-/m1/s1. The zero-order valence-electron chi connectivity index (χ0n) is 8.47. The summed E-state index contributed by atoms with van der Waals surface area (Å²) in [6.45, 7) is 5.77. The van der Waals surface area contributed by atoms with Crippen LogP contribution >= 0.6 is 11.5 Å². The second-order valence-electron chi connectivity index (χ2n) is 3.98. The van der Waals surface area contributed by atoms with Gasteiger partial charge in [0.25, 0.3) is 0 Å². The molecule has 4 nitrogen and oxygen atoms in total. The van der Waals surface area contributed by atoms with Gasteiger partial charge in [0, 0.05) is 30.5 Å². The molecular weight excluding hydrogens is 198 g/mol. The summed E-state index contributed by atoms with van der Waals surface area (Å²) in [6, 6.07) is 0. The van der Waals surface area contributed by atoms with Crippen molar-refractivity contribution < 1.29 is 5.11 Å². The summed E-state index contributed by atoms with van der Waals surface area (Å²) < 4.78 is 4.29. The van der Waals surface area contributed by atoms with Gasteiger partial charge in [-0.05, 0) is 6.42 Å². The van der Waals surface area contributed by atoms with E-state index in [0.717, 1.165) is 23.9 Å². The van der Waals surface area contributed by atoms with Crippen molar-refractivity contribution >= 4 is 16.7 Å². The number of nitrogens with zero attached hydrogens (tertiary/aromatic N) is 3. The Morgan fingerprint density at radius 3 is 2.86 bits per heavy atom. The highest BCUT2D eigenvalue weighted by Crippen LogP contribution is 2.24. The smallest absolute Gasteiger partial charge is 0.205 e. The van der Waals surface area contributed by atoms with Crippen LogP contribution in [0.5, 0.6) is 0 Å². The lowest BCUT2D eigenvalue weighted by atomic mass is 10.2. The fourth-order valence-electron chi connectivity index (χ4n) is 1.50. The predicted octanol–water partition coefficient (Wildman–Crippen LogP) is 1.23. The van der Waals surface area contributed by atoms with Crippen LogP contribution in [0.15, 0.2) is 0 Å². The first kappa shape index (κ1) is 9.86. The summed E-state index contributed by atoms with van der Waals surface area (Å²) in [5.74, 6) is 1.29. The van der Waals surface area contributed by atoms with Gasteiger partial charge in [-0.25, -0.2) is 4.98 Å². The number of aromatic nitrogens is 2. The summed E-state index contributed by atoms with van der Waals surface area (Å²) in [5, 5.41) is 10.3. The highest BCUT2D eigenvalue weighted by Gasteiger charge is 2.23. The van der Waals surface area contributed by atoms with Crippen LogP contribution in [0, 0.1) is 0 Å². The number of aliphatic hydroxyl groups is 1. The largest absolute Gasteiger partial charge is 0.391 e. The lowest BCUT2D eigenvalue weighted by Gasteiger charge is -2.11. The van der Waals surface area contributed by atoms with Crippen LogP contribution in [0.3, 0.4) is 0 Å². The lowest BCUT2D eigenvalue weighted by molar-refractivity contribution is 0.198. The zero-order valence-corrected chi connectivity index (χ0v) is 9.29. The first-order chi connectivity index (χ1) is 6.66. The first-order valence-corrected chi connectivity index (χ1v) is 5.71. The van der Waals surface area contributed by atoms with Crippen LogP contribution in [0.25, 0.3) is 0 Å². The molecule has 1 atom stereocenters. The summed E-state index contributed by atoms with van der Waals surface area (Å²) in [4.78, 5) is 6.55. The lowest BCUT2D eigenvalue weighted by Crippen LogP contribution is -2.20. The molecule has 0 unspecified atom stereocenters. The molecular formula is C9H15N3OS. The van der Waals surface area contributed by atoms with Crippen LogP contribution < -0.4 is 4.90 Å². The number of hydrogen-bond donors (Lipinski definition) is 1. The van der Waals surface area contributed by atoms with Crippen molar-refractivity contribution in [3.05, 3.63) is 5.82 Å². The highest BCUT2D eigenvalue weighted by atomic mass is 32.1. The molecule has 1 N–H and O–H groups in total. The van der Waals surface area contributed by atoms with Crippen molar-refractivity contribution in [2.45, 2.75) is 32.3 Å². The molecule has 0 aliphatic carbocycles. The Balaban J connectivity index is 2.09. The first-order valence-electron chi connectivity index (χ1n) is 4.93. The van der Waals surface area contributed by atoms with E-state index in [1.165, 1.54) is 11.5 Å². The molecule has 1 aliphatic rings. The molecule has 0 saturated carbocycles. The Kier molecular flexibility index (Phi) is 2.69. The summed E-state index contributed by atoms with van der Waals surface area (Å²) in [5.41, 5.74) is 0. The topological polar surface area (TPSA) is 49.2 Å². The van der Waals surface area contributed by atoms with Gasteiger partial charge < -0.3 is 10.0 Å². The molecule has 1 aliphatic heterocycles. The molecule has 1 aromatic heterocycles. The second kappa shape index (κ2) is 3.82. The molecule has 78 valence electrons. The molecule has 0 bridgehead atoms. The maximum Gasteiger partial charge on any atom is 0.205 e. The molecule has 1 saturated heterocycles. The van der Waals surface area contributed by atoms with Gasteiger partial charge in [0.15, 0.2) is 0 Å². The zero-order chi connectivity index (χ0) is 10.1. The van der Waals surface area contributed by atoms with Crippen LogP contribution in [0.2, 0.25) is 0 Å². The van der Waals surface area contributed by atoms with E-state index in [9.17, 15) is 5.11 Å². The number of anilines is 1. The maximum absolute atomic E-state index is 9.39. The van der Waals surface area contributed by atoms with Gasteiger partial charge in [-0.2, -0.15) is 4.37 Å². The molecule has 0 aromatic carbocycles. The van der Waals surface area contributed by atoms with E-state index in [4.69, 9.17) is 0 Å². The van der Waals surface area contributed by atoms with E-state index in [-0.39, 0.29) is 6.10 Å². The van der Waals surface area contributed by atoms with Crippen molar-refractivity contribution in [1.29, 1.82) is 0 Å². The quantitative estimate of drug-likeness (QED) is 0.803. The molecule has 2 heterocycles. The third-order valence-corrected chi connectivity index (χ3v) is 3.17. The monoisotopic (exact) mass is 213 g/mol. The Morgan fingerprint density at radius 1 is 1.57 bits per heavy atom. The Morgan fingerprint density at radius 2 is 2.36 bits per heavy atom. The van der Waals surface area contributed by atoms with Gasteiger partial charge >= 0.3 is 0 Å². The van der Waals surface area contributed by atoms with Crippen LogP contribution in [0.1, 0.15) is 32.0 Å². The summed E-state index contributed by atoms with van der Waals surface area (Å²) in [6.07, 6.45) is 0.651. The Labute approximate surface area is 87.8 Å². The van der Waals surface area contributed by atoms with Gasteiger partial charge in [0.2, 0.25) is 5.13 Å². The third-order valence-electron chi connectivity index (χ3n) is 2.38. The van der Waals surface area contributed by atoms with E-state index < -0.39 is 0 Å². The van der Waals surface area contributed by atoms with Crippen molar-refractivity contribution in [1.82, 2.24) is 9.36 Å². The molecule has 5 heteroatoms. The summed E-state index contributed by atoms with van der Waals surface area (Å²) >= 11 is 1.43. The fourth-order valence-corrected chi connectivity index (χ4v) is 2.35. The molecule has 14 heavy (non-hydrogen) atoms. The molecule has 0 spiro atoms. The number of β-amino-alcohol motifs (C(OH)–C–C–N with tert-alkyl or cyclic N) is 1. The SMILES string of the molecule is CC(C)c1nsc(N2CC[C@@H](O)C2)n1. The van der Waals surface area contributed by atoms with E-state index in [1.54, 1.807) is 0 Å². The second-order valence-corrected chi connectivity index (χ2v) is 4.71. The number of aliphatic hydroxyl groups excluding tert-OH is 1. The van der Waals surface area contributed by atoms with Gasteiger partial charge in [-0.15, -0.1) is 0 Å². The minimum atomic E-state index is -0.193. The van der Waals surface area contributed by atoms with E-state index >= 15 is 0 Å².